The maximum atomic E-state index is 14.6. The minimum Gasteiger partial charge on any atom is -0.496 e. The number of carbonyl (C=O) groups is 3. The van der Waals surface area contributed by atoms with Gasteiger partial charge in [-0.2, -0.15) is 0 Å². The highest BCUT2D eigenvalue weighted by molar-refractivity contribution is 6.18. The Hall–Kier alpha value is -4.34. The zero-order valence-corrected chi connectivity index (χ0v) is 25.0. The Balaban J connectivity index is 1.97. The molecule has 2 aromatic carbocycles. The third-order valence-corrected chi connectivity index (χ3v) is 7.77. The Morgan fingerprint density at radius 2 is 1.48 bits per heavy atom. The number of esters is 2. The van der Waals surface area contributed by atoms with E-state index in [1.165, 1.54) is 21.3 Å². The van der Waals surface area contributed by atoms with Crippen LogP contribution in [0.3, 0.4) is 0 Å². The summed E-state index contributed by atoms with van der Waals surface area (Å²) in [7, 11) is 6.01. The monoisotopic (exact) mass is 579 g/mol. The standard InChI is InChI=1S/C32H37NO9/c1-8-41-31(35)25-17(3)33-21-16-20(19-12-10-11-13-22(19)37-4)27(32(36)42-9-2)29(34)28(21)26(25)18-14-23(38-5)30(40-7)24(15-18)39-6/h10-15,20,26-28H,8-9,16H2,1-7H3/t20-,26-,27+,28?/m1/s1. The number of ketones is 1. The summed E-state index contributed by atoms with van der Waals surface area (Å²) in [6.45, 7) is 5.37. The van der Waals surface area contributed by atoms with Crippen molar-refractivity contribution in [2.45, 2.75) is 39.0 Å². The van der Waals surface area contributed by atoms with Gasteiger partial charge in [0.15, 0.2) is 17.3 Å². The van der Waals surface area contributed by atoms with E-state index < -0.39 is 41.4 Å². The van der Waals surface area contributed by atoms with Crippen molar-refractivity contribution in [2.75, 3.05) is 41.7 Å². The molecule has 1 fully saturated rings. The molecular weight excluding hydrogens is 542 g/mol. The number of allylic oxidation sites excluding steroid dienone is 1. The van der Waals surface area contributed by atoms with Gasteiger partial charge in [-0.05, 0) is 56.5 Å². The van der Waals surface area contributed by atoms with Crippen molar-refractivity contribution in [3.8, 4) is 23.0 Å². The molecule has 224 valence electrons. The predicted octanol–water partition coefficient (Wildman–Crippen LogP) is 4.65. The average molecular weight is 580 g/mol. The molecule has 42 heavy (non-hydrogen) atoms. The normalized spacial score (nSPS) is 21.6. The minimum absolute atomic E-state index is 0.107. The topological polar surface area (TPSA) is 119 Å². The third-order valence-electron chi connectivity index (χ3n) is 7.77. The quantitative estimate of drug-likeness (QED) is 0.293. The van der Waals surface area contributed by atoms with E-state index in [0.29, 0.717) is 45.5 Å². The van der Waals surface area contributed by atoms with Crippen LogP contribution < -0.4 is 18.9 Å². The van der Waals surface area contributed by atoms with Gasteiger partial charge in [0, 0.05) is 23.2 Å². The van der Waals surface area contributed by atoms with Gasteiger partial charge in [0.2, 0.25) is 5.75 Å². The molecule has 0 bridgehead atoms. The highest BCUT2D eigenvalue weighted by Gasteiger charge is 2.53. The molecule has 1 aliphatic heterocycles. The van der Waals surface area contributed by atoms with Crippen molar-refractivity contribution >= 4 is 23.4 Å². The van der Waals surface area contributed by atoms with Crippen LogP contribution in [-0.4, -0.2) is 65.1 Å². The van der Waals surface area contributed by atoms with E-state index in [2.05, 4.69) is 0 Å². The fourth-order valence-electron chi connectivity index (χ4n) is 6.06. The zero-order valence-electron chi connectivity index (χ0n) is 25.0. The number of nitrogens with zero attached hydrogens (tertiary/aromatic N) is 1. The Morgan fingerprint density at radius 3 is 2.05 bits per heavy atom. The first kappa shape index (κ1) is 30.6. The predicted molar refractivity (Wildman–Crippen MR) is 155 cm³/mol. The number of methoxy groups -OCH3 is 4. The number of benzene rings is 2. The lowest BCUT2D eigenvalue weighted by atomic mass is 9.62. The molecule has 2 aromatic rings. The first-order valence-corrected chi connectivity index (χ1v) is 13.8. The Kier molecular flexibility index (Phi) is 9.55. The molecule has 10 nitrogen and oxygen atoms in total. The number of rotatable bonds is 10. The van der Waals surface area contributed by atoms with Gasteiger partial charge in [-0.15, -0.1) is 0 Å². The first-order valence-electron chi connectivity index (χ1n) is 13.8. The van der Waals surface area contributed by atoms with Crippen molar-refractivity contribution < 1.29 is 42.8 Å². The lowest BCUT2D eigenvalue weighted by Crippen LogP contribution is -2.48. The number of Topliss-reactive ketones (excluding diaryl/α,β-unsaturated/α-hetero) is 1. The molecule has 2 aliphatic rings. The molecule has 1 heterocycles. The van der Waals surface area contributed by atoms with Crippen LogP contribution in [0.4, 0.5) is 0 Å². The molecule has 4 rings (SSSR count). The molecule has 1 aliphatic carbocycles. The van der Waals surface area contributed by atoms with Crippen LogP contribution in [0, 0.1) is 11.8 Å². The molecule has 0 aromatic heterocycles. The molecule has 0 N–H and O–H groups in total. The second-order valence-electron chi connectivity index (χ2n) is 9.92. The summed E-state index contributed by atoms with van der Waals surface area (Å²) < 4.78 is 33.2. The Morgan fingerprint density at radius 1 is 0.857 bits per heavy atom. The average Bonchev–Trinajstić information content (AvgIpc) is 2.99. The van der Waals surface area contributed by atoms with Crippen molar-refractivity contribution in [3.05, 3.63) is 58.8 Å². The van der Waals surface area contributed by atoms with Gasteiger partial charge in [-0.3, -0.25) is 14.6 Å². The molecular formula is C32H37NO9. The van der Waals surface area contributed by atoms with Crippen molar-refractivity contribution in [3.63, 3.8) is 0 Å². The van der Waals surface area contributed by atoms with Gasteiger partial charge in [0.1, 0.15) is 11.7 Å². The molecule has 0 radical (unpaired) electrons. The summed E-state index contributed by atoms with van der Waals surface area (Å²) in [5.41, 5.74) is 2.47. The van der Waals surface area contributed by atoms with E-state index in [4.69, 9.17) is 33.4 Å². The molecule has 0 spiro atoms. The molecule has 0 amide bonds. The Bertz CT molecular complexity index is 1400. The summed E-state index contributed by atoms with van der Waals surface area (Å²) in [5.74, 6) is -3.52. The lowest BCUT2D eigenvalue weighted by Gasteiger charge is -2.41. The number of hydrogen-bond donors (Lipinski definition) is 0. The summed E-state index contributed by atoms with van der Waals surface area (Å²) >= 11 is 0. The van der Waals surface area contributed by atoms with Crippen LogP contribution in [0.15, 0.2) is 52.7 Å². The molecule has 4 atom stereocenters. The van der Waals surface area contributed by atoms with Crippen molar-refractivity contribution in [2.24, 2.45) is 16.8 Å². The summed E-state index contributed by atoms with van der Waals surface area (Å²) in [6.07, 6.45) is 0.272. The van der Waals surface area contributed by atoms with Gasteiger partial charge in [-0.25, -0.2) is 4.79 Å². The summed E-state index contributed by atoms with van der Waals surface area (Å²) in [6, 6.07) is 10.7. The smallest absolute Gasteiger partial charge is 0.336 e. The number of aliphatic imine (C=N–C) groups is 1. The lowest BCUT2D eigenvalue weighted by molar-refractivity contribution is -0.153. The van der Waals surface area contributed by atoms with Crippen LogP contribution in [-0.2, 0) is 23.9 Å². The Labute approximate surface area is 245 Å². The largest absolute Gasteiger partial charge is 0.496 e. The van der Waals surface area contributed by atoms with Gasteiger partial charge >= 0.3 is 11.9 Å². The zero-order chi connectivity index (χ0) is 30.6. The first-order chi connectivity index (χ1) is 20.3. The molecule has 10 heteroatoms. The van der Waals surface area contributed by atoms with Crippen LogP contribution in [0.2, 0.25) is 0 Å². The van der Waals surface area contributed by atoms with Crippen LogP contribution in [0.1, 0.15) is 50.2 Å². The van der Waals surface area contributed by atoms with Crippen LogP contribution in [0.5, 0.6) is 23.0 Å². The number of fused-ring (bicyclic) bond motifs is 1. The summed E-state index contributed by atoms with van der Waals surface area (Å²) in [4.78, 5) is 46.4. The van der Waals surface area contributed by atoms with Crippen molar-refractivity contribution in [1.29, 1.82) is 0 Å². The van der Waals surface area contributed by atoms with E-state index in [9.17, 15) is 14.4 Å². The van der Waals surface area contributed by atoms with Crippen LogP contribution >= 0.6 is 0 Å². The van der Waals surface area contributed by atoms with E-state index in [0.717, 1.165) is 0 Å². The van der Waals surface area contributed by atoms with Crippen LogP contribution in [0.25, 0.3) is 0 Å². The fraction of sp³-hybridized carbons (Fsp3) is 0.438. The number of para-hydroxylation sites is 1. The van der Waals surface area contributed by atoms with Gasteiger partial charge in [0.25, 0.3) is 0 Å². The summed E-state index contributed by atoms with van der Waals surface area (Å²) in [5, 5.41) is 0. The maximum absolute atomic E-state index is 14.6. The SMILES string of the molecule is CCOC(=O)C1=C(C)N=C2C[C@H](c3ccccc3OC)[C@H](C(=O)OCC)C(=O)C2[C@@H]1c1cc(OC)c(OC)c(OC)c1. The van der Waals surface area contributed by atoms with Gasteiger partial charge in [0.05, 0.1) is 53.1 Å². The van der Waals surface area contributed by atoms with E-state index in [1.807, 2.05) is 18.2 Å². The second-order valence-corrected chi connectivity index (χ2v) is 9.92. The third kappa shape index (κ3) is 5.45. The maximum Gasteiger partial charge on any atom is 0.336 e. The molecule has 1 unspecified atom stereocenters. The highest BCUT2D eigenvalue weighted by Crippen LogP contribution is 2.51. The molecule has 1 saturated carbocycles. The number of ether oxygens (including phenoxy) is 6. The highest BCUT2D eigenvalue weighted by atomic mass is 16.5. The van der Waals surface area contributed by atoms with Gasteiger partial charge in [-0.1, -0.05) is 18.2 Å². The number of hydrogen-bond acceptors (Lipinski definition) is 10. The van der Waals surface area contributed by atoms with E-state index >= 15 is 0 Å². The van der Waals surface area contributed by atoms with E-state index in [1.54, 1.807) is 46.1 Å². The van der Waals surface area contributed by atoms with Gasteiger partial charge < -0.3 is 28.4 Å². The minimum atomic E-state index is -1.16. The van der Waals surface area contributed by atoms with E-state index in [-0.39, 0.29) is 25.2 Å². The fourth-order valence-corrected chi connectivity index (χ4v) is 6.06. The second kappa shape index (κ2) is 13.1. The number of carbonyl (C=O) groups excluding carboxylic acids is 3. The van der Waals surface area contributed by atoms with Crippen molar-refractivity contribution in [1.82, 2.24) is 0 Å². The molecule has 0 saturated heterocycles.